The third-order valence-corrected chi connectivity index (χ3v) is 4.09. The van der Waals surface area contributed by atoms with Gasteiger partial charge in [0.05, 0.1) is 7.11 Å². The highest BCUT2D eigenvalue weighted by Gasteiger charge is 2.32. The number of esters is 1. The van der Waals surface area contributed by atoms with Crippen molar-refractivity contribution in [1.29, 1.82) is 0 Å². The summed E-state index contributed by atoms with van der Waals surface area (Å²) in [6, 6.07) is 4.11. The first kappa shape index (κ1) is 15.1. The van der Waals surface area contributed by atoms with Crippen LogP contribution in [0.1, 0.15) is 25.6 Å². The second kappa shape index (κ2) is 5.82. The molecular formula is C13H21NO3S. The van der Waals surface area contributed by atoms with Crippen LogP contribution in [-0.2, 0) is 14.9 Å². The lowest BCUT2D eigenvalue weighted by molar-refractivity contribution is -0.159. The molecule has 0 spiro atoms. The van der Waals surface area contributed by atoms with Gasteiger partial charge < -0.3 is 15.2 Å². The number of carbonyl (C=O) groups excluding carboxylic acids is 1. The minimum absolute atomic E-state index is 0.0274. The van der Waals surface area contributed by atoms with Crippen molar-refractivity contribution in [2.24, 2.45) is 0 Å². The Labute approximate surface area is 112 Å². The molecular weight excluding hydrogens is 250 g/mol. The van der Waals surface area contributed by atoms with Gasteiger partial charge >= 0.3 is 5.97 Å². The number of aliphatic hydroxyl groups is 1. The van der Waals surface area contributed by atoms with Gasteiger partial charge in [0.15, 0.2) is 5.60 Å². The second-order valence-electron chi connectivity index (χ2n) is 5.23. The van der Waals surface area contributed by atoms with Crippen LogP contribution in [0.3, 0.4) is 0 Å². The van der Waals surface area contributed by atoms with Crippen molar-refractivity contribution in [2.45, 2.75) is 31.8 Å². The fraction of sp³-hybridized carbons (Fsp3) is 0.615. The summed E-state index contributed by atoms with van der Waals surface area (Å²) >= 11 is 1.70. The van der Waals surface area contributed by atoms with Crippen molar-refractivity contribution in [1.82, 2.24) is 5.32 Å². The van der Waals surface area contributed by atoms with Gasteiger partial charge in [-0.05, 0) is 18.4 Å². The van der Waals surface area contributed by atoms with E-state index >= 15 is 0 Å². The van der Waals surface area contributed by atoms with Crippen LogP contribution in [-0.4, -0.2) is 36.9 Å². The van der Waals surface area contributed by atoms with Crippen LogP contribution in [0.5, 0.6) is 0 Å². The Morgan fingerprint density at radius 2 is 2.11 bits per heavy atom. The molecule has 5 heteroatoms. The molecule has 2 N–H and O–H groups in total. The molecule has 1 unspecified atom stereocenters. The largest absolute Gasteiger partial charge is 0.467 e. The first-order valence-corrected chi connectivity index (χ1v) is 6.73. The van der Waals surface area contributed by atoms with Gasteiger partial charge in [0.25, 0.3) is 0 Å². The molecule has 0 aliphatic carbocycles. The van der Waals surface area contributed by atoms with E-state index < -0.39 is 11.6 Å². The molecule has 1 heterocycles. The molecule has 0 aliphatic heterocycles. The highest BCUT2D eigenvalue weighted by atomic mass is 32.1. The van der Waals surface area contributed by atoms with E-state index in [1.54, 1.807) is 11.3 Å². The molecule has 1 atom stereocenters. The quantitative estimate of drug-likeness (QED) is 0.771. The van der Waals surface area contributed by atoms with E-state index in [-0.39, 0.29) is 12.0 Å². The molecule has 0 aliphatic rings. The molecule has 0 saturated heterocycles. The van der Waals surface area contributed by atoms with E-state index in [0.29, 0.717) is 6.54 Å². The Hall–Kier alpha value is -0.910. The number of methoxy groups -OCH3 is 1. The van der Waals surface area contributed by atoms with Gasteiger partial charge in [-0.25, -0.2) is 4.79 Å². The molecule has 0 aromatic carbocycles. The standard InChI is InChI=1S/C13H21NO3S/c1-12(2,10-6-5-7-18-10)8-14-9-13(3,16)11(15)17-4/h5-7,14,16H,8-9H2,1-4H3. The summed E-state index contributed by atoms with van der Waals surface area (Å²) in [5, 5.41) is 15.0. The van der Waals surface area contributed by atoms with Gasteiger partial charge in [0, 0.05) is 23.4 Å². The Morgan fingerprint density at radius 3 is 2.61 bits per heavy atom. The van der Waals surface area contributed by atoms with Gasteiger partial charge in [-0.15, -0.1) is 11.3 Å². The topological polar surface area (TPSA) is 58.6 Å². The van der Waals surface area contributed by atoms with Crippen molar-refractivity contribution in [3.8, 4) is 0 Å². The maximum absolute atomic E-state index is 11.3. The normalized spacial score (nSPS) is 15.2. The summed E-state index contributed by atoms with van der Waals surface area (Å²) in [5.41, 5.74) is -1.51. The Balaban J connectivity index is 2.49. The summed E-state index contributed by atoms with van der Waals surface area (Å²) in [5.74, 6) is -0.621. The predicted molar refractivity (Wildman–Crippen MR) is 72.9 cm³/mol. The summed E-state index contributed by atoms with van der Waals surface area (Å²) in [6.45, 7) is 6.55. The van der Waals surface area contributed by atoms with Crippen molar-refractivity contribution < 1.29 is 14.6 Å². The minimum atomic E-state index is -1.49. The summed E-state index contributed by atoms with van der Waals surface area (Å²) in [4.78, 5) is 12.6. The fourth-order valence-corrected chi connectivity index (χ4v) is 2.51. The number of thiophene rings is 1. The lowest BCUT2D eigenvalue weighted by Crippen LogP contribution is -2.48. The minimum Gasteiger partial charge on any atom is -0.467 e. The van der Waals surface area contributed by atoms with Crippen LogP contribution in [0.15, 0.2) is 17.5 Å². The maximum atomic E-state index is 11.3. The molecule has 0 amide bonds. The van der Waals surface area contributed by atoms with Gasteiger partial charge in [-0.3, -0.25) is 0 Å². The van der Waals surface area contributed by atoms with E-state index in [4.69, 9.17) is 0 Å². The molecule has 0 bridgehead atoms. The average molecular weight is 271 g/mol. The smallest absolute Gasteiger partial charge is 0.338 e. The molecule has 1 aromatic heterocycles. The molecule has 102 valence electrons. The number of ether oxygens (including phenoxy) is 1. The van der Waals surface area contributed by atoms with Crippen molar-refractivity contribution in [3.05, 3.63) is 22.4 Å². The summed E-state index contributed by atoms with van der Waals surface area (Å²) in [6.07, 6.45) is 0. The molecule has 0 fully saturated rings. The average Bonchev–Trinajstić information content (AvgIpc) is 2.81. The van der Waals surface area contributed by atoms with Crippen LogP contribution < -0.4 is 5.32 Å². The molecule has 4 nitrogen and oxygen atoms in total. The number of hydrogen-bond acceptors (Lipinski definition) is 5. The number of nitrogens with one attached hydrogen (secondary N) is 1. The van der Waals surface area contributed by atoms with Crippen molar-refractivity contribution in [2.75, 3.05) is 20.2 Å². The summed E-state index contributed by atoms with van der Waals surface area (Å²) in [7, 11) is 1.27. The third kappa shape index (κ3) is 3.80. The van der Waals surface area contributed by atoms with Crippen LogP contribution in [0.4, 0.5) is 0 Å². The maximum Gasteiger partial charge on any atom is 0.338 e. The fourth-order valence-electron chi connectivity index (χ4n) is 1.66. The lowest BCUT2D eigenvalue weighted by atomic mass is 9.91. The molecule has 0 radical (unpaired) electrons. The first-order chi connectivity index (χ1) is 8.29. The second-order valence-corrected chi connectivity index (χ2v) is 6.18. The lowest BCUT2D eigenvalue weighted by Gasteiger charge is -2.27. The molecule has 1 aromatic rings. The first-order valence-electron chi connectivity index (χ1n) is 5.85. The zero-order valence-electron chi connectivity index (χ0n) is 11.3. The Bertz CT molecular complexity index is 385. The van der Waals surface area contributed by atoms with Crippen LogP contribution in [0.2, 0.25) is 0 Å². The highest BCUT2D eigenvalue weighted by Crippen LogP contribution is 2.26. The predicted octanol–water partition coefficient (Wildman–Crippen LogP) is 1.54. The van der Waals surface area contributed by atoms with Crippen molar-refractivity contribution in [3.63, 3.8) is 0 Å². The molecule has 1 rings (SSSR count). The van der Waals surface area contributed by atoms with Crippen LogP contribution in [0, 0.1) is 0 Å². The Morgan fingerprint density at radius 1 is 1.44 bits per heavy atom. The van der Waals surface area contributed by atoms with Gasteiger partial charge in [-0.1, -0.05) is 19.9 Å². The summed E-state index contributed by atoms with van der Waals surface area (Å²) < 4.78 is 4.54. The Kier molecular flexibility index (Phi) is 4.90. The van der Waals surface area contributed by atoms with Crippen LogP contribution in [0.25, 0.3) is 0 Å². The van der Waals surface area contributed by atoms with Gasteiger partial charge in [-0.2, -0.15) is 0 Å². The van der Waals surface area contributed by atoms with Gasteiger partial charge in [0.2, 0.25) is 0 Å². The van der Waals surface area contributed by atoms with E-state index in [1.165, 1.54) is 18.9 Å². The number of carbonyl (C=O) groups is 1. The van der Waals surface area contributed by atoms with Crippen LogP contribution >= 0.6 is 11.3 Å². The zero-order valence-corrected chi connectivity index (χ0v) is 12.1. The van der Waals surface area contributed by atoms with Crippen molar-refractivity contribution >= 4 is 17.3 Å². The van der Waals surface area contributed by atoms with E-state index in [1.807, 2.05) is 11.4 Å². The van der Waals surface area contributed by atoms with E-state index in [9.17, 15) is 9.90 Å². The van der Waals surface area contributed by atoms with E-state index in [0.717, 1.165) is 0 Å². The number of rotatable bonds is 6. The number of hydrogen-bond donors (Lipinski definition) is 2. The van der Waals surface area contributed by atoms with Gasteiger partial charge in [0.1, 0.15) is 0 Å². The molecule has 18 heavy (non-hydrogen) atoms. The SMILES string of the molecule is COC(=O)C(C)(O)CNCC(C)(C)c1cccs1. The van der Waals surface area contributed by atoms with E-state index in [2.05, 4.69) is 30.0 Å². The highest BCUT2D eigenvalue weighted by molar-refractivity contribution is 7.10. The zero-order chi connectivity index (χ0) is 13.8. The third-order valence-electron chi connectivity index (χ3n) is 2.85. The molecule has 0 saturated carbocycles. The monoisotopic (exact) mass is 271 g/mol.